The van der Waals surface area contributed by atoms with Gasteiger partial charge in [-0.1, -0.05) is 60.6 Å². The van der Waals surface area contributed by atoms with E-state index >= 15 is 0 Å². The van der Waals surface area contributed by atoms with E-state index in [4.69, 9.17) is 4.52 Å². The van der Waals surface area contributed by atoms with Crippen LogP contribution in [0.15, 0.2) is 53.1 Å². The van der Waals surface area contributed by atoms with Crippen LogP contribution in [0.4, 0.5) is 0 Å². The zero-order chi connectivity index (χ0) is 25.6. The summed E-state index contributed by atoms with van der Waals surface area (Å²) < 4.78 is 5.51. The Kier molecular flexibility index (Phi) is 8.31. The monoisotopic (exact) mass is 501 g/mol. The number of piperidine rings is 2. The van der Waals surface area contributed by atoms with Gasteiger partial charge in [0, 0.05) is 31.1 Å². The molecule has 2 aliphatic heterocycles. The fourth-order valence-electron chi connectivity index (χ4n) is 5.58. The van der Waals surface area contributed by atoms with Crippen LogP contribution in [0.3, 0.4) is 0 Å². The van der Waals surface area contributed by atoms with E-state index in [1.54, 1.807) is 0 Å². The third kappa shape index (κ3) is 6.84. The number of benzene rings is 2. The highest BCUT2D eigenvalue weighted by Gasteiger charge is 2.26. The zero-order valence-electron chi connectivity index (χ0n) is 22.2. The zero-order valence-corrected chi connectivity index (χ0v) is 22.2. The second-order valence-corrected chi connectivity index (χ2v) is 10.9. The summed E-state index contributed by atoms with van der Waals surface area (Å²) in [4.78, 5) is 22.3. The number of aryl methyl sites for hydroxylation is 1. The summed E-state index contributed by atoms with van der Waals surface area (Å²) in [7, 11) is 0. The van der Waals surface area contributed by atoms with Gasteiger partial charge in [0.1, 0.15) is 0 Å². The molecule has 2 aliphatic rings. The van der Waals surface area contributed by atoms with Gasteiger partial charge in [0.25, 0.3) is 0 Å². The molecule has 2 aromatic carbocycles. The van der Waals surface area contributed by atoms with Gasteiger partial charge in [-0.25, -0.2) is 0 Å². The molecule has 2 saturated heterocycles. The van der Waals surface area contributed by atoms with E-state index in [9.17, 15) is 4.79 Å². The van der Waals surface area contributed by atoms with Crippen molar-refractivity contribution in [2.75, 3.05) is 26.2 Å². The molecule has 0 aliphatic carbocycles. The molecule has 3 heterocycles. The number of rotatable bonds is 8. The van der Waals surface area contributed by atoms with Crippen molar-refractivity contribution in [1.29, 1.82) is 0 Å². The first-order valence-corrected chi connectivity index (χ1v) is 13.7. The molecule has 1 unspecified atom stereocenters. The Morgan fingerprint density at radius 3 is 2.49 bits per heavy atom. The number of carbonyl (C=O) groups is 1. The molecule has 3 aromatic rings. The van der Waals surface area contributed by atoms with Crippen molar-refractivity contribution in [3.8, 4) is 11.4 Å². The largest absolute Gasteiger partial charge is 0.352 e. The number of hydrogen-bond donors (Lipinski definition) is 1. The summed E-state index contributed by atoms with van der Waals surface area (Å²) in [6, 6.07) is 16.8. The van der Waals surface area contributed by atoms with Crippen molar-refractivity contribution >= 4 is 5.91 Å². The quantitative estimate of drug-likeness (QED) is 0.478. The van der Waals surface area contributed by atoms with Crippen molar-refractivity contribution in [3.05, 3.63) is 71.1 Å². The molecule has 7 nitrogen and oxygen atoms in total. The van der Waals surface area contributed by atoms with E-state index in [-0.39, 0.29) is 11.8 Å². The second kappa shape index (κ2) is 12.0. The first kappa shape index (κ1) is 25.6. The van der Waals surface area contributed by atoms with Crippen molar-refractivity contribution in [3.63, 3.8) is 0 Å². The third-order valence-electron chi connectivity index (χ3n) is 7.81. The van der Waals surface area contributed by atoms with Crippen molar-refractivity contribution in [2.45, 2.75) is 59.2 Å². The van der Waals surface area contributed by atoms with Gasteiger partial charge in [-0.2, -0.15) is 4.98 Å². The standard InChI is InChI=1S/C30H39N5O2/c1-22-6-5-15-35(19-22)20-25-11-9-24(10-12-25)18-31-30(36)26-13-16-34(17-14-26)21-28-32-29(33-37-28)27-8-4-3-7-23(27)2/h3-4,7-12,22,26H,5-6,13-21H2,1-2H3,(H,31,36). The molecule has 196 valence electrons. The molecule has 7 heteroatoms. The van der Waals surface area contributed by atoms with Crippen LogP contribution in [0.1, 0.15) is 55.2 Å². The van der Waals surface area contributed by atoms with E-state index in [2.05, 4.69) is 56.4 Å². The van der Waals surface area contributed by atoms with Crippen LogP contribution in [0, 0.1) is 18.8 Å². The highest BCUT2D eigenvalue weighted by molar-refractivity contribution is 5.78. The van der Waals surface area contributed by atoms with E-state index in [1.165, 1.54) is 31.5 Å². The van der Waals surface area contributed by atoms with Crippen LogP contribution >= 0.6 is 0 Å². The van der Waals surface area contributed by atoms with Crippen molar-refractivity contribution < 1.29 is 9.32 Å². The lowest BCUT2D eigenvalue weighted by Gasteiger charge is -2.30. The van der Waals surface area contributed by atoms with Gasteiger partial charge in [-0.3, -0.25) is 14.6 Å². The number of nitrogens with one attached hydrogen (secondary N) is 1. The number of likely N-dealkylation sites (tertiary alicyclic amines) is 2. The van der Waals surface area contributed by atoms with E-state index < -0.39 is 0 Å². The molecule has 0 radical (unpaired) electrons. The fraction of sp³-hybridized carbons (Fsp3) is 0.500. The first-order valence-electron chi connectivity index (χ1n) is 13.7. The van der Waals surface area contributed by atoms with Gasteiger partial charge < -0.3 is 9.84 Å². The van der Waals surface area contributed by atoms with E-state index in [1.807, 2.05) is 31.2 Å². The Balaban J connectivity index is 1.04. The average Bonchev–Trinajstić information content (AvgIpc) is 3.37. The summed E-state index contributed by atoms with van der Waals surface area (Å²) >= 11 is 0. The number of hydrogen-bond acceptors (Lipinski definition) is 6. The maximum atomic E-state index is 12.8. The van der Waals surface area contributed by atoms with Gasteiger partial charge in [0.2, 0.25) is 17.6 Å². The predicted octanol–water partition coefficient (Wildman–Crippen LogP) is 4.81. The maximum Gasteiger partial charge on any atom is 0.241 e. The van der Waals surface area contributed by atoms with Crippen molar-refractivity contribution in [1.82, 2.24) is 25.3 Å². The van der Waals surface area contributed by atoms with Gasteiger partial charge >= 0.3 is 0 Å². The second-order valence-electron chi connectivity index (χ2n) is 10.9. The normalized spacial score (nSPS) is 19.7. The number of nitrogens with zero attached hydrogens (tertiary/aromatic N) is 4. The average molecular weight is 502 g/mol. The van der Waals surface area contributed by atoms with Crippen LogP contribution in [0.25, 0.3) is 11.4 Å². The maximum absolute atomic E-state index is 12.8. The molecule has 1 N–H and O–H groups in total. The molecule has 37 heavy (non-hydrogen) atoms. The summed E-state index contributed by atoms with van der Waals surface area (Å²) in [5, 5.41) is 7.33. The molecule has 1 aromatic heterocycles. The topological polar surface area (TPSA) is 74.5 Å². The van der Waals surface area contributed by atoms with E-state index in [0.29, 0.717) is 24.8 Å². The Hall–Kier alpha value is -3.03. The minimum Gasteiger partial charge on any atom is -0.352 e. The first-order chi connectivity index (χ1) is 18.0. The van der Waals surface area contributed by atoms with Crippen LogP contribution < -0.4 is 5.32 Å². The van der Waals surface area contributed by atoms with Gasteiger partial charge in [0.05, 0.1) is 6.54 Å². The van der Waals surface area contributed by atoms with Gasteiger partial charge in [0.15, 0.2) is 0 Å². The Morgan fingerprint density at radius 1 is 0.973 bits per heavy atom. The predicted molar refractivity (Wildman–Crippen MR) is 144 cm³/mol. The molecule has 0 spiro atoms. The summed E-state index contributed by atoms with van der Waals surface area (Å²) in [5.74, 6) is 2.27. The molecule has 0 bridgehead atoms. The Bertz CT molecular complexity index is 1170. The lowest BCUT2D eigenvalue weighted by Crippen LogP contribution is -2.40. The summed E-state index contributed by atoms with van der Waals surface area (Å²) in [5.41, 5.74) is 4.63. The van der Waals surface area contributed by atoms with Crippen LogP contribution in [-0.4, -0.2) is 52.0 Å². The number of carbonyl (C=O) groups excluding carboxylic acids is 1. The lowest BCUT2D eigenvalue weighted by molar-refractivity contribution is -0.126. The highest BCUT2D eigenvalue weighted by Crippen LogP contribution is 2.23. The SMILES string of the molecule is Cc1ccccc1-c1noc(CN2CCC(C(=O)NCc3ccc(CN4CCCC(C)C4)cc3)CC2)n1. The minimum absolute atomic E-state index is 0.0572. The summed E-state index contributed by atoms with van der Waals surface area (Å²) in [6.45, 7) is 10.7. The van der Waals surface area contributed by atoms with Gasteiger partial charge in [-0.05, 0) is 74.8 Å². The van der Waals surface area contributed by atoms with Gasteiger partial charge in [-0.15, -0.1) is 0 Å². The Morgan fingerprint density at radius 2 is 1.73 bits per heavy atom. The third-order valence-corrected chi connectivity index (χ3v) is 7.81. The fourth-order valence-corrected chi connectivity index (χ4v) is 5.58. The minimum atomic E-state index is 0.0572. The molecule has 2 fully saturated rings. The molecule has 1 atom stereocenters. The highest BCUT2D eigenvalue weighted by atomic mass is 16.5. The molecular formula is C30H39N5O2. The molecular weight excluding hydrogens is 462 g/mol. The molecule has 0 saturated carbocycles. The van der Waals surface area contributed by atoms with Crippen LogP contribution in [0.2, 0.25) is 0 Å². The van der Waals surface area contributed by atoms with E-state index in [0.717, 1.165) is 55.1 Å². The lowest BCUT2D eigenvalue weighted by atomic mass is 9.96. The smallest absolute Gasteiger partial charge is 0.241 e. The molecule has 5 rings (SSSR count). The number of amides is 1. The summed E-state index contributed by atoms with van der Waals surface area (Å²) in [6.07, 6.45) is 4.34. The van der Waals surface area contributed by atoms with Crippen LogP contribution in [-0.2, 0) is 24.4 Å². The van der Waals surface area contributed by atoms with Crippen molar-refractivity contribution in [2.24, 2.45) is 11.8 Å². The Labute approximate surface area is 220 Å². The van der Waals surface area contributed by atoms with Crippen LogP contribution in [0.5, 0.6) is 0 Å². The number of aromatic nitrogens is 2. The molecule has 1 amide bonds.